The maximum absolute atomic E-state index is 13.8. The highest BCUT2D eigenvalue weighted by Crippen LogP contribution is 2.28. The molecule has 1 aliphatic heterocycles. The van der Waals surface area contributed by atoms with Gasteiger partial charge in [-0.1, -0.05) is 35.9 Å². The van der Waals surface area contributed by atoms with Gasteiger partial charge in [0.05, 0.1) is 5.02 Å². The zero-order valence-corrected chi connectivity index (χ0v) is 13.0. The Morgan fingerprint density at radius 2 is 2.00 bits per heavy atom. The summed E-state index contributed by atoms with van der Waals surface area (Å²) in [5.41, 5.74) is 1.03. The molecule has 3 rings (SSSR count). The van der Waals surface area contributed by atoms with Gasteiger partial charge in [-0.2, -0.15) is 0 Å². The third-order valence-electron chi connectivity index (χ3n) is 3.42. The zero-order valence-electron chi connectivity index (χ0n) is 11.4. The number of sulfonamides is 1. The fraction of sp³-hybridized carbons (Fsp3) is 0.200. The van der Waals surface area contributed by atoms with Gasteiger partial charge in [-0.25, -0.2) is 17.5 Å². The van der Waals surface area contributed by atoms with Crippen LogP contribution in [-0.4, -0.2) is 21.1 Å². The molecule has 0 spiro atoms. The van der Waals surface area contributed by atoms with Gasteiger partial charge in [-0.15, -0.1) is 0 Å². The molecule has 1 atom stereocenters. The SMILES string of the molecule is O=S(=O)(NC[C@@H]1Cc2ccccc2O1)c1cccc(Cl)c1F. The van der Waals surface area contributed by atoms with Gasteiger partial charge in [-0.05, 0) is 23.8 Å². The Kier molecular flexibility index (Phi) is 4.08. The van der Waals surface area contributed by atoms with Crippen LogP contribution in [0.4, 0.5) is 4.39 Å². The highest BCUT2D eigenvalue weighted by Gasteiger charge is 2.26. The molecule has 2 aromatic carbocycles. The minimum absolute atomic E-state index is 0.0585. The van der Waals surface area contributed by atoms with Crippen molar-refractivity contribution in [2.45, 2.75) is 17.4 Å². The largest absolute Gasteiger partial charge is 0.488 e. The average Bonchev–Trinajstić information content (AvgIpc) is 2.91. The molecule has 0 unspecified atom stereocenters. The Labute approximate surface area is 132 Å². The number of hydrogen-bond donors (Lipinski definition) is 1. The highest BCUT2D eigenvalue weighted by atomic mass is 35.5. The zero-order chi connectivity index (χ0) is 15.7. The lowest BCUT2D eigenvalue weighted by atomic mass is 10.1. The van der Waals surface area contributed by atoms with Crippen LogP contribution in [-0.2, 0) is 16.4 Å². The van der Waals surface area contributed by atoms with Gasteiger partial charge in [-0.3, -0.25) is 0 Å². The van der Waals surface area contributed by atoms with Crippen LogP contribution in [0.15, 0.2) is 47.4 Å². The first-order valence-corrected chi connectivity index (χ1v) is 8.52. The number of hydrogen-bond acceptors (Lipinski definition) is 3. The third kappa shape index (κ3) is 2.95. The van der Waals surface area contributed by atoms with E-state index >= 15 is 0 Å². The van der Waals surface area contributed by atoms with Crippen LogP contribution in [0.2, 0.25) is 5.02 Å². The molecule has 0 fully saturated rings. The van der Waals surface area contributed by atoms with Crippen molar-refractivity contribution in [3.05, 3.63) is 58.9 Å². The number of rotatable bonds is 4. The average molecular weight is 342 g/mol. The molecule has 0 radical (unpaired) electrons. The van der Waals surface area contributed by atoms with Crippen LogP contribution in [0.5, 0.6) is 5.75 Å². The molecule has 22 heavy (non-hydrogen) atoms. The van der Waals surface area contributed by atoms with Gasteiger partial charge in [0.2, 0.25) is 10.0 Å². The molecule has 0 amide bonds. The monoisotopic (exact) mass is 341 g/mol. The van der Waals surface area contributed by atoms with Crippen molar-refractivity contribution < 1.29 is 17.5 Å². The van der Waals surface area contributed by atoms with Gasteiger partial charge in [0.15, 0.2) is 5.82 Å². The Morgan fingerprint density at radius 1 is 1.23 bits per heavy atom. The van der Waals surface area contributed by atoms with Crippen LogP contribution in [0.25, 0.3) is 0 Å². The molecule has 1 N–H and O–H groups in total. The smallest absolute Gasteiger partial charge is 0.243 e. The van der Waals surface area contributed by atoms with E-state index in [2.05, 4.69) is 4.72 Å². The molecule has 1 aliphatic rings. The van der Waals surface area contributed by atoms with Crippen molar-refractivity contribution in [3.8, 4) is 5.75 Å². The summed E-state index contributed by atoms with van der Waals surface area (Å²) in [5, 5.41) is -0.229. The highest BCUT2D eigenvalue weighted by molar-refractivity contribution is 7.89. The summed E-state index contributed by atoms with van der Waals surface area (Å²) < 4.78 is 46.2. The first-order chi connectivity index (χ1) is 10.5. The van der Waals surface area contributed by atoms with Crippen molar-refractivity contribution in [2.24, 2.45) is 0 Å². The maximum Gasteiger partial charge on any atom is 0.243 e. The Morgan fingerprint density at radius 3 is 2.77 bits per heavy atom. The van der Waals surface area contributed by atoms with Crippen LogP contribution in [0, 0.1) is 5.82 Å². The molecule has 7 heteroatoms. The van der Waals surface area contributed by atoms with E-state index in [0.29, 0.717) is 6.42 Å². The minimum atomic E-state index is -3.98. The lowest BCUT2D eigenvalue weighted by Crippen LogP contribution is -2.34. The number of halogens is 2. The maximum atomic E-state index is 13.8. The summed E-state index contributed by atoms with van der Waals surface area (Å²) in [6.07, 6.45) is 0.297. The number of nitrogens with one attached hydrogen (secondary N) is 1. The number of para-hydroxylation sites is 1. The van der Waals surface area contributed by atoms with E-state index < -0.39 is 20.7 Å². The van der Waals surface area contributed by atoms with E-state index in [9.17, 15) is 12.8 Å². The molecule has 4 nitrogen and oxygen atoms in total. The van der Waals surface area contributed by atoms with Crippen LogP contribution >= 0.6 is 11.6 Å². The fourth-order valence-electron chi connectivity index (χ4n) is 2.34. The predicted octanol–water partition coefficient (Wildman–Crippen LogP) is 2.76. The van der Waals surface area contributed by atoms with Gasteiger partial charge in [0.1, 0.15) is 16.7 Å². The number of benzene rings is 2. The molecule has 0 saturated carbocycles. The second-order valence-corrected chi connectivity index (χ2v) is 7.10. The molecule has 0 bridgehead atoms. The lowest BCUT2D eigenvalue weighted by molar-refractivity contribution is 0.236. The molecule has 0 saturated heterocycles. The first kappa shape index (κ1) is 15.3. The van der Waals surface area contributed by atoms with Crippen LogP contribution < -0.4 is 9.46 Å². The number of ether oxygens (including phenoxy) is 1. The lowest BCUT2D eigenvalue weighted by Gasteiger charge is -2.13. The van der Waals surface area contributed by atoms with Gasteiger partial charge in [0.25, 0.3) is 0 Å². The summed E-state index contributed by atoms with van der Waals surface area (Å²) in [6.45, 7) is 0.0585. The van der Waals surface area contributed by atoms with Crippen molar-refractivity contribution in [1.29, 1.82) is 0 Å². The molecular formula is C15H13ClFNO3S. The first-order valence-electron chi connectivity index (χ1n) is 6.65. The van der Waals surface area contributed by atoms with Crippen molar-refractivity contribution in [2.75, 3.05) is 6.54 Å². The summed E-state index contributed by atoms with van der Waals surface area (Å²) in [7, 11) is -3.98. The van der Waals surface area contributed by atoms with Crippen molar-refractivity contribution in [1.82, 2.24) is 4.72 Å². The summed E-state index contributed by atoms with van der Waals surface area (Å²) in [5.74, 6) is -0.201. The molecule has 0 aliphatic carbocycles. The Hall–Kier alpha value is -1.63. The molecule has 1 heterocycles. The quantitative estimate of drug-likeness (QED) is 0.930. The van der Waals surface area contributed by atoms with Crippen molar-refractivity contribution in [3.63, 3.8) is 0 Å². The predicted molar refractivity (Wildman–Crippen MR) is 81.2 cm³/mol. The molecule has 2 aromatic rings. The van der Waals surface area contributed by atoms with Gasteiger partial charge < -0.3 is 4.74 Å². The molecule has 116 valence electrons. The van der Waals surface area contributed by atoms with Gasteiger partial charge in [0, 0.05) is 13.0 Å². The second-order valence-electron chi connectivity index (χ2n) is 4.96. The molecular weight excluding hydrogens is 329 g/mol. The van der Waals surface area contributed by atoms with E-state index in [0.717, 1.165) is 11.3 Å². The van der Waals surface area contributed by atoms with Gasteiger partial charge >= 0.3 is 0 Å². The summed E-state index contributed by atoms with van der Waals surface area (Å²) in [4.78, 5) is -0.462. The van der Waals surface area contributed by atoms with Crippen molar-refractivity contribution >= 4 is 21.6 Å². The minimum Gasteiger partial charge on any atom is -0.488 e. The third-order valence-corrected chi connectivity index (χ3v) is 5.15. The van der Waals surface area contributed by atoms with E-state index in [1.165, 1.54) is 18.2 Å². The molecule has 0 aromatic heterocycles. The second kappa shape index (κ2) is 5.87. The number of fused-ring (bicyclic) bond motifs is 1. The summed E-state index contributed by atoms with van der Waals surface area (Å²) >= 11 is 5.62. The Balaban J connectivity index is 1.71. The van der Waals surface area contributed by atoms with E-state index in [1.807, 2.05) is 24.3 Å². The fourth-order valence-corrected chi connectivity index (χ4v) is 3.73. The van der Waals surface area contributed by atoms with E-state index in [-0.39, 0.29) is 17.7 Å². The van der Waals surface area contributed by atoms with E-state index in [1.54, 1.807) is 0 Å². The van der Waals surface area contributed by atoms with E-state index in [4.69, 9.17) is 16.3 Å². The Bertz CT molecular complexity index is 785. The standard InChI is InChI=1S/C15H13ClFNO3S/c16-12-5-3-7-14(15(12)17)22(19,20)18-9-11-8-10-4-1-2-6-13(10)21-11/h1-7,11,18H,8-9H2/t11-/m0/s1. The summed E-state index contributed by atoms with van der Waals surface area (Å²) in [6, 6.07) is 11.4. The normalized spacial score (nSPS) is 17.1. The van der Waals surface area contributed by atoms with Crippen LogP contribution in [0.1, 0.15) is 5.56 Å². The topological polar surface area (TPSA) is 55.4 Å². The van der Waals surface area contributed by atoms with Crippen LogP contribution in [0.3, 0.4) is 0 Å².